The van der Waals surface area contributed by atoms with E-state index < -0.39 is 17.5 Å². The largest absolute Gasteiger partial charge is 0.352 e. The van der Waals surface area contributed by atoms with E-state index in [0.717, 1.165) is 17.7 Å². The van der Waals surface area contributed by atoms with E-state index in [9.17, 15) is 18.0 Å². The number of carbonyl (C=O) groups is 1. The van der Waals surface area contributed by atoms with Gasteiger partial charge in [-0.1, -0.05) is 17.7 Å². The minimum absolute atomic E-state index is 0.220. The smallest absolute Gasteiger partial charge is 0.256 e. The first-order valence-corrected chi connectivity index (χ1v) is 7.68. The van der Waals surface area contributed by atoms with Crippen molar-refractivity contribution < 1.29 is 18.0 Å². The lowest BCUT2D eigenvalue weighted by molar-refractivity contribution is 0.102. The van der Waals surface area contributed by atoms with Crippen LogP contribution in [0.3, 0.4) is 0 Å². The zero-order chi connectivity index (χ0) is 18.7. The molecule has 0 aliphatic heterocycles. The van der Waals surface area contributed by atoms with E-state index in [2.05, 4.69) is 15.6 Å². The van der Waals surface area contributed by atoms with Gasteiger partial charge in [0, 0.05) is 5.56 Å². The molecule has 0 unspecified atom stereocenters. The van der Waals surface area contributed by atoms with Crippen LogP contribution >= 0.6 is 0 Å². The van der Waals surface area contributed by atoms with Gasteiger partial charge in [-0.05, 0) is 43.3 Å². The van der Waals surface area contributed by atoms with Gasteiger partial charge in [0.05, 0.1) is 17.6 Å². The highest BCUT2D eigenvalue weighted by Crippen LogP contribution is 2.23. The zero-order valence-corrected chi connectivity index (χ0v) is 13.7. The Kier molecular flexibility index (Phi) is 4.88. The Morgan fingerprint density at radius 1 is 1.00 bits per heavy atom. The highest BCUT2D eigenvalue weighted by Gasteiger charge is 2.13. The second-order valence-electron chi connectivity index (χ2n) is 5.60. The fourth-order valence-corrected chi connectivity index (χ4v) is 2.29. The number of hydrogen-bond acceptors (Lipinski definition) is 3. The Hall–Kier alpha value is -3.35. The molecule has 0 saturated heterocycles. The Morgan fingerprint density at radius 3 is 2.50 bits per heavy atom. The lowest BCUT2D eigenvalue weighted by atomic mass is 10.1. The summed E-state index contributed by atoms with van der Waals surface area (Å²) in [5.74, 6) is -4.14. The Bertz CT molecular complexity index is 959. The van der Waals surface area contributed by atoms with E-state index in [-0.39, 0.29) is 11.6 Å². The maximum absolute atomic E-state index is 13.7. The van der Waals surface area contributed by atoms with Gasteiger partial charge in [-0.3, -0.25) is 4.79 Å². The van der Waals surface area contributed by atoms with Gasteiger partial charge in [-0.15, -0.1) is 0 Å². The number of aryl methyl sites for hydroxylation is 1. The molecule has 4 nitrogen and oxygen atoms in total. The van der Waals surface area contributed by atoms with Gasteiger partial charge < -0.3 is 10.6 Å². The first-order valence-electron chi connectivity index (χ1n) is 7.68. The van der Waals surface area contributed by atoms with Crippen LogP contribution in [0, 0.1) is 24.4 Å². The molecule has 0 radical (unpaired) electrons. The summed E-state index contributed by atoms with van der Waals surface area (Å²) in [6, 6.07) is 12.0. The molecule has 1 amide bonds. The molecule has 132 valence electrons. The van der Waals surface area contributed by atoms with Crippen molar-refractivity contribution in [1.82, 2.24) is 4.98 Å². The predicted octanol–water partition coefficient (Wildman–Crippen LogP) is 4.80. The second kappa shape index (κ2) is 7.26. The lowest BCUT2D eigenvalue weighted by Gasteiger charge is -2.09. The van der Waals surface area contributed by atoms with Crippen molar-refractivity contribution >= 4 is 23.1 Å². The number of amides is 1. The van der Waals surface area contributed by atoms with E-state index in [1.165, 1.54) is 18.3 Å². The van der Waals surface area contributed by atoms with Crippen LogP contribution in [0.1, 0.15) is 15.9 Å². The van der Waals surface area contributed by atoms with Gasteiger partial charge in [-0.25, -0.2) is 18.2 Å². The van der Waals surface area contributed by atoms with Crippen molar-refractivity contribution in [3.05, 3.63) is 83.3 Å². The van der Waals surface area contributed by atoms with Gasteiger partial charge in [0.25, 0.3) is 5.91 Å². The van der Waals surface area contributed by atoms with E-state index in [1.807, 2.05) is 13.0 Å². The minimum atomic E-state index is -1.55. The molecule has 2 aromatic carbocycles. The van der Waals surface area contributed by atoms with Crippen LogP contribution in [-0.2, 0) is 0 Å². The molecule has 3 aromatic rings. The lowest BCUT2D eigenvalue weighted by Crippen LogP contribution is -2.13. The van der Waals surface area contributed by atoms with Crippen molar-refractivity contribution in [1.29, 1.82) is 0 Å². The molecule has 0 atom stereocenters. The number of aromatic nitrogens is 1. The number of anilines is 3. The molecule has 7 heteroatoms. The maximum Gasteiger partial charge on any atom is 0.256 e. The van der Waals surface area contributed by atoms with E-state index in [1.54, 1.807) is 18.2 Å². The van der Waals surface area contributed by atoms with Crippen molar-refractivity contribution in [3.8, 4) is 0 Å². The quantitative estimate of drug-likeness (QED) is 0.659. The standard InChI is InChI=1S/C19H14F3N3O/c1-11-3-2-4-12(9-11)19(26)25-16-8-5-13(10-23-16)24-15-7-6-14(20)17(21)18(15)22/h2-10,24H,1H3,(H,23,25,26). The maximum atomic E-state index is 13.7. The molecule has 3 rings (SSSR count). The van der Waals surface area contributed by atoms with Crippen LogP contribution in [0.2, 0.25) is 0 Å². The third kappa shape index (κ3) is 3.83. The molecule has 0 aliphatic carbocycles. The number of pyridine rings is 1. The van der Waals surface area contributed by atoms with Gasteiger partial charge in [0.2, 0.25) is 0 Å². The van der Waals surface area contributed by atoms with Crippen LogP contribution in [-0.4, -0.2) is 10.9 Å². The SMILES string of the molecule is Cc1cccc(C(=O)Nc2ccc(Nc3ccc(F)c(F)c3F)cn2)c1. The predicted molar refractivity (Wildman–Crippen MR) is 93.0 cm³/mol. The van der Waals surface area contributed by atoms with Gasteiger partial charge in [0.1, 0.15) is 5.82 Å². The first kappa shape index (κ1) is 17.5. The molecule has 0 spiro atoms. The van der Waals surface area contributed by atoms with E-state index >= 15 is 0 Å². The third-order valence-electron chi connectivity index (χ3n) is 3.60. The molecule has 26 heavy (non-hydrogen) atoms. The second-order valence-corrected chi connectivity index (χ2v) is 5.60. The van der Waals surface area contributed by atoms with Crippen LogP contribution in [0.15, 0.2) is 54.7 Å². The fourth-order valence-electron chi connectivity index (χ4n) is 2.29. The number of rotatable bonds is 4. The van der Waals surface area contributed by atoms with Crippen molar-refractivity contribution in [2.24, 2.45) is 0 Å². The summed E-state index contributed by atoms with van der Waals surface area (Å²) in [6.45, 7) is 1.88. The highest BCUT2D eigenvalue weighted by molar-refractivity contribution is 6.03. The highest BCUT2D eigenvalue weighted by atomic mass is 19.2. The monoisotopic (exact) mass is 357 g/mol. The van der Waals surface area contributed by atoms with Gasteiger partial charge in [0.15, 0.2) is 17.5 Å². The number of nitrogens with zero attached hydrogens (tertiary/aromatic N) is 1. The summed E-state index contributed by atoms with van der Waals surface area (Å²) in [6.07, 6.45) is 1.34. The zero-order valence-electron chi connectivity index (χ0n) is 13.7. The first-order chi connectivity index (χ1) is 12.4. The minimum Gasteiger partial charge on any atom is -0.352 e. The molecule has 1 aromatic heterocycles. The average Bonchev–Trinajstić information content (AvgIpc) is 2.64. The number of nitrogens with one attached hydrogen (secondary N) is 2. The number of benzene rings is 2. The van der Waals surface area contributed by atoms with Crippen molar-refractivity contribution in [2.75, 3.05) is 10.6 Å². The number of halogens is 3. The van der Waals surface area contributed by atoms with Crippen LogP contribution < -0.4 is 10.6 Å². The summed E-state index contributed by atoms with van der Waals surface area (Å²) in [4.78, 5) is 16.2. The molecule has 2 N–H and O–H groups in total. The number of hydrogen-bond donors (Lipinski definition) is 2. The van der Waals surface area contributed by atoms with Gasteiger partial charge in [-0.2, -0.15) is 0 Å². The molecule has 0 fully saturated rings. The molecule has 0 saturated carbocycles. The van der Waals surface area contributed by atoms with Crippen molar-refractivity contribution in [3.63, 3.8) is 0 Å². The van der Waals surface area contributed by atoms with Gasteiger partial charge >= 0.3 is 0 Å². The summed E-state index contributed by atoms with van der Waals surface area (Å²) < 4.78 is 39.8. The molecule has 0 bridgehead atoms. The Balaban J connectivity index is 1.71. The van der Waals surface area contributed by atoms with Crippen LogP contribution in [0.4, 0.5) is 30.4 Å². The van der Waals surface area contributed by atoms with Crippen molar-refractivity contribution in [2.45, 2.75) is 6.92 Å². The topological polar surface area (TPSA) is 54.0 Å². The summed E-state index contributed by atoms with van der Waals surface area (Å²) in [5.41, 5.74) is 1.59. The molecular weight excluding hydrogens is 343 g/mol. The van der Waals surface area contributed by atoms with Crippen LogP contribution in [0.5, 0.6) is 0 Å². The normalized spacial score (nSPS) is 10.5. The molecule has 1 heterocycles. The molecule has 0 aliphatic rings. The molecular formula is C19H14F3N3O. The average molecular weight is 357 g/mol. The summed E-state index contributed by atoms with van der Waals surface area (Å²) in [5, 5.41) is 5.25. The van der Waals surface area contributed by atoms with E-state index in [0.29, 0.717) is 17.1 Å². The fraction of sp³-hybridized carbons (Fsp3) is 0.0526. The summed E-state index contributed by atoms with van der Waals surface area (Å²) >= 11 is 0. The third-order valence-corrected chi connectivity index (χ3v) is 3.60. The summed E-state index contributed by atoms with van der Waals surface area (Å²) in [7, 11) is 0. The Labute approximate surface area is 147 Å². The van der Waals surface area contributed by atoms with E-state index in [4.69, 9.17) is 0 Å². The number of carbonyl (C=O) groups excluding carboxylic acids is 1. The Morgan fingerprint density at radius 2 is 1.81 bits per heavy atom. The van der Waals surface area contributed by atoms with Crippen LogP contribution in [0.25, 0.3) is 0 Å².